The van der Waals surface area contributed by atoms with Crippen molar-refractivity contribution in [1.29, 1.82) is 0 Å². The average molecular weight is 399 g/mol. The monoisotopic (exact) mass is 399 g/mol. The van der Waals surface area contributed by atoms with E-state index in [-0.39, 0.29) is 34.7 Å². The quantitative estimate of drug-likeness (QED) is 0.281. The Kier molecular flexibility index (Phi) is 116000. The van der Waals surface area contributed by atoms with Crippen molar-refractivity contribution >= 4 is 19.8 Å². The van der Waals surface area contributed by atoms with E-state index < -0.39 is 0 Å². The summed E-state index contributed by atoms with van der Waals surface area (Å²) in [6.07, 6.45) is 0. The molecule has 0 bridgehead atoms. The summed E-state index contributed by atoms with van der Waals surface area (Å²) in [7, 11) is 0. The zero-order valence-electron chi connectivity index (χ0n) is 23.4. The van der Waals surface area contributed by atoms with Gasteiger partial charge in [0.15, 0.2) is 0 Å². The van der Waals surface area contributed by atoms with Crippen molar-refractivity contribution < 1.29 is 0 Å². The molecule has 0 nitrogen and oxygen atoms in total. The van der Waals surface area contributed by atoms with Crippen LogP contribution in [0.2, 0.25) is 0 Å². The molecular formula is C22H72P2. The van der Waals surface area contributed by atoms with Crippen molar-refractivity contribution in [2.24, 2.45) is 0 Å². The van der Waals surface area contributed by atoms with Crippen LogP contribution in [0.25, 0.3) is 0 Å². The topological polar surface area (TPSA) is 0 Å². The van der Waals surface area contributed by atoms with Crippen LogP contribution in [0.15, 0.2) is 0 Å². The first-order valence-electron chi connectivity index (χ1n) is 10.0. The largest absolute Gasteiger partial charge is 0.358 e. The first-order valence-corrected chi connectivity index (χ1v) is 10.0. The lowest BCUT2D eigenvalue weighted by molar-refractivity contribution is 1.50. The Bertz CT molecular complexity index is 9.93. The van der Waals surface area contributed by atoms with Crippen molar-refractivity contribution in [3.8, 4) is 0 Å². The highest BCUT2D eigenvalue weighted by molar-refractivity contribution is 6.92. The van der Waals surface area contributed by atoms with Gasteiger partial charge in [0.25, 0.3) is 0 Å². The molecule has 0 rings (SSSR count). The van der Waals surface area contributed by atoms with Gasteiger partial charge in [0, 0.05) is 7.43 Å². The molecule has 0 aromatic carbocycles. The zero-order chi connectivity index (χ0) is 20.0. The molecule has 2 heteroatoms. The molecule has 0 aromatic rings. The Morgan fingerprint density at radius 2 is 0.208 bits per heavy atom. The van der Waals surface area contributed by atoms with Gasteiger partial charge in [-0.25, -0.2) is 0 Å². The Balaban J connectivity index is -0.00000000379. The van der Waals surface area contributed by atoms with Gasteiger partial charge in [0.1, 0.15) is 0 Å². The Hall–Kier alpha value is 0.730. The molecule has 0 amide bonds. The van der Waals surface area contributed by atoms with Gasteiger partial charge in [-0.15, -0.1) is 0 Å². The fourth-order valence-corrected chi connectivity index (χ4v) is 0. The zero-order valence-corrected chi connectivity index (χ0v) is 26.2. The first-order chi connectivity index (χ1) is 10.0. The Labute approximate surface area is 173 Å². The average Bonchev–Trinajstić information content (AvgIpc) is 2.71. The van der Waals surface area contributed by atoms with E-state index in [4.69, 9.17) is 0 Å². The van der Waals surface area contributed by atoms with Crippen molar-refractivity contribution in [1.82, 2.24) is 0 Å². The smallest absolute Gasteiger partial charge is 0.0467 e. The third-order valence-electron chi connectivity index (χ3n) is 0. The van der Waals surface area contributed by atoms with E-state index in [1.165, 1.54) is 0 Å². The van der Waals surface area contributed by atoms with Gasteiger partial charge in [-0.1, -0.05) is 138 Å². The van der Waals surface area contributed by atoms with Crippen LogP contribution in [-0.4, -0.2) is 0 Å². The normalized spacial score (nSPS) is 2.50. The van der Waals surface area contributed by atoms with E-state index in [1.54, 1.807) is 0 Å². The minimum absolute atomic E-state index is 0. The maximum Gasteiger partial charge on any atom is 0.0467 e. The summed E-state index contributed by atoms with van der Waals surface area (Å²) in [5, 5.41) is 0. The molecule has 0 heterocycles. The molecule has 2 unspecified atom stereocenters. The second-order valence-corrected chi connectivity index (χ2v) is 0. The van der Waals surface area contributed by atoms with Gasteiger partial charge >= 0.3 is 0 Å². The second kappa shape index (κ2) is 23000. The van der Waals surface area contributed by atoms with Gasteiger partial charge in [-0.2, -0.15) is 19.8 Å². The van der Waals surface area contributed by atoms with Crippen molar-refractivity contribution in [2.45, 2.75) is 138 Å². The van der Waals surface area contributed by atoms with E-state index >= 15 is 0 Å². The highest BCUT2D eigenvalue weighted by Crippen LogP contribution is 1.16. The summed E-state index contributed by atoms with van der Waals surface area (Å²) in [6.45, 7) is 40.0. The first kappa shape index (κ1) is 121. The third kappa shape index (κ3) is 20100. The van der Waals surface area contributed by atoms with E-state index in [0.717, 1.165) is 0 Å². The third-order valence-corrected chi connectivity index (χ3v) is 0. The predicted molar refractivity (Wildman–Crippen MR) is 149 cm³/mol. The van der Waals surface area contributed by atoms with Crippen molar-refractivity contribution in [3.05, 3.63) is 14.9 Å². The minimum Gasteiger partial charge on any atom is -0.358 e. The summed E-state index contributed by atoms with van der Waals surface area (Å²) in [4.78, 5) is 0. The summed E-state index contributed by atoms with van der Waals surface area (Å²) < 4.78 is 0. The molecule has 0 saturated carbocycles. The molecule has 24 heavy (non-hydrogen) atoms. The maximum atomic E-state index is 2.00. The Morgan fingerprint density at radius 3 is 0.208 bits per heavy atom. The molecule has 0 aromatic heterocycles. The summed E-state index contributed by atoms with van der Waals surface area (Å²) >= 11 is 0. The van der Waals surface area contributed by atoms with E-state index in [0.29, 0.717) is 0 Å². The summed E-state index contributed by atoms with van der Waals surface area (Å²) in [5.74, 6) is 0. The molecule has 0 N–H and O–H groups in total. The molecular weight excluding hydrogens is 326 g/mol. The van der Waals surface area contributed by atoms with Gasteiger partial charge in [-0.05, 0) is 0 Å². The molecule has 0 aliphatic rings. The molecule has 0 saturated heterocycles. The van der Waals surface area contributed by atoms with Crippen LogP contribution < -0.4 is 0 Å². The fraction of sp³-hybridized carbons (Fsp3) is 0.909. The summed E-state index contributed by atoms with van der Waals surface area (Å²) in [5.41, 5.74) is 0. The van der Waals surface area contributed by atoms with Crippen LogP contribution in [0.3, 0.4) is 0 Å². The molecule has 0 spiro atoms. The lowest BCUT2D eigenvalue weighted by atomic mass is 11.0. The Morgan fingerprint density at radius 1 is 0.208 bits per heavy atom. The van der Waals surface area contributed by atoms with E-state index in [1.807, 2.05) is 138 Å². The maximum absolute atomic E-state index is 2.00. The molecule has 0 radical (unpaired) electrons. The standard InChI is InChI=1S/10C2H6.2CH3.2H3P/c10*1-2;;;;/h10*1-2H3;4*1H3/q;;;;;;;;;;-1;+1;;. The fourth-order valence-electron chi connectivity index (χ4n) is 0. The van der Waals surface area contributed by atoms with Crippen LogP contribution >= 0.6 is 19.8 Å². The molecule has 0 aliphatic carbocycles. The lowest BCUT2D eigenvalue weighted by Gasteiger charge is -1.07. The van der Waals surface area contributed by atoms with Crippen LogP contribution in [0.4, 0.5) is 0 Å². The van der Waals surface area contributed by atoms with Gasteiger partial charge in [0.05, 0.1) is 0 Å². The van der Waals surface area contributed by atoms with Gasteiger partial charge < -0.3 is 7.43 Å². The van der Waals surface area contributed by atoms with Gasteiger partial charge in [0.2, 0.25) is 0 Å². The number of hydrogen-bond donors (Lipinski definition) is 0. The number of rotatable bonds is 0. The molecule has 170 valence electrons. The van der Waals surface area contributed by atoms with Crippen molar-refractivity contribution in [3.63, 3.8) is 0 Å². The van der Waals surface area contributed by atoms with E-state index in [2.05, 4.69) is 0 Å². The van der Waals surface area contributed by atoms with Crippen LogP contribution in [0.5, 0.6) is 0 Å². The van der Waals surface area contributed by atoms with Gasteiger partial charge in [-0.3, -0.25) is 0 Å². The molecule has 2 atom stereocenters. The van der Waals surface area contributed by atoms with Crippen LogP contribution in [-0.2, 0) is 0 Å². The number of hydrogen-bond acceptors (Lipinski definition) is 0. The molecule has 0 aliphatic heterocycles. The minimum atomic E-state index is 0. The SMILES string of the molecule is CC.CC.CC.CC.CC.CC.CC.CC.CC.CC.P.P.[CH3+].[CH3-]. The van der Waals surface area contributed by atoms with E-state index in [9.17, 15) is 0 Å². The van der Waals surface area contributed by atoms with Crippen LogP contribution in [0.1, 0.15) is 138 Å². The summed E-state index contributed by atoms with van der Waals surface area (Å²) in [6, 6.07) is 0. The highest BCUT2D eigenvalue weighted by atomic mass is 31.0. The lowest BCUT2D eigenvalue weighted by Crippen LogP contribution is -0.856. The highest BCUT2D eigenvalue weighted by Gasteiger charge is 0.950. The van der Waals surface area contributed by atoms with Crippen LogP contribution in [0, 0.1) is 14.9 Å². The second-order valence-electron chi connectivity index (χ2n) is 0. The van der Waals surface area contributed by atoms with Crippen molar-refractivity contribution in [2.75, 3.05) is 0 Å². The molecule has 0 fully saturated rings. The predicted octanol–water partition coefficient (Wildman–Crippen LogP) is 11.3.